The Bertz CT molecular complexity index is 743. The Kier molecular flexibility index (Phi) is 4.07. The van der Waals surface area contributed by atoms with Crippen LogP contribution in [0.3, 0.4) is 0 Å². The number of non-ortho nitro benzene ring substituents is 1. The first-order valence-corrected chi connectivity index (χ1v) is 7.29. The number of benzene rings is 1. The van der Waals surface area contributed by atoms with Crippen molar-refractivity contribution in [1.29, 1.82) is 0 Å². The molecular formula is C15H16N4O4. The second-order valence-corrected chi connectivity index (χ2v) is 5.51. The number of hydrogen-bond acceptors (Lipinski definition) is 5. The number of likely N-dealkylation sites (tertiary alicyclic amines) is 1. The standard InChI is InChI=1S/C15H16N4O4/c20-10-11-4-6-17(9-11)15(21)14-5-7-18(16-14)12-2-1-3-13(8-12)19(22)23/h1-3,5,7-8,11,20H,4,6,9-10H2. The van der Waals surface area contributed by atoms with Crippen molar-refractivity contribution < 1.29 is 14.8 Å². The van der Waals surface area contributed by atoms with E-state index in [0.29, 0.717) is 18.8 Å². The number of nitro groups is 1. The molecule has 8 nitrogen and oxygen atoms in total. The molecule has 1 amide bonds. The van der Waals surface area contributed by atoms with E-state index in [0.717, 1.165) is 6.42 Å². The molecule has 8 heteroatoms. The van der Waals surface area contributed by atoms with Crippen molar-refractivity contribution in [2.75, 3.05) is 19.7 Å². The molecule has 1 unspecified atom stereocenters. The zero-order chi connectivity index (χ0) is 16.4. The average Bonchev–Trinajstić information content (AvgIpc) is 3.23. The van der Waals surface area contributed by atoms with E-state index in [1.165, 1.54) is 16.8 Å². The maximum absolute atomic E-state index is 12.4. The van der Waals surface area contributed by atoms with Crippen molar-refractivity contribution in [3.63, 3.8) is 0 Å². The molecule has 1 fully saturated rings. The van der Waals surface area contributed by atoms with Crippen LogP contribution in [0.15, 0.2) is 36.5 Å². The Hall–Kier alpha value is -2.74. The molecule has 0 aliphatic carbocycles. The summed E-state index contributed by atoms with van der Waals surface area (Å²) >= 11 is 0. The van der Waals surface area contributed by atoms with E-state index in [1.54, 1.807) is 29.3 Å². The number of nitrogens with zero attached hydrogens (tertiary/aromatic N) is 4. The Morgan fingerprint density at radius 3 is 2.96 bits per heavy atom. The van der Waals surface area contributed by atoms with Crippen molar-refractivity contribution in [2.45, 2.75) is 6.42 Å². The summed E-state index contributed by atoms with van der Waals surface area (Å²) in [6.07, 6.45) is 2.39. The van der Waals surface area contributed by atoms with Crippen molar-refractivity contribution in [3.8, 4) is 5.69 Å². The number of aliphatic hydroxyl groups is 1. The van der Waals surface area contributed by atoms with Gasteiger partial charge in [0.25, 0.3) is 11.6 Å². The van der Waals surface area contributed by atoms with Crippen LogP contribution in [0.5, 0.6) is 0 Å². The summed E-state index contributed by atoms with van der Waals surface area (Å²) in [7, 11) is 0. The maximum atomic E-state index is 12.4. The molecule has 23 heavy (non-hydrogen) atoms. The third-order valence-corrected chi connectivity index (χ3v) is 3.94. The van der Waals surface area contributed by atoms with E-state index in [9.17, 15) is 14.9 Å². The average molecular weight is 316 g/mol. The van der Waals surface area contributed by atoms with Gasteiger partial charge in [0, 0.05) is 43.9 Å². The second-order valence-electron chi connectivity index (χ2n) is 5.51. The van der Waals surface area contributed by atoms with Crippen molar-refractivity contribution in [1.82, 2.24) is 14.7 Å². The lowest BCUT2D eigenvalue weighted by Crippen LogP contribution is -2.29. The van der Waals surface area contributed by atoms with Gasteiger partial charge in [-0.1, -0.05) is 6.07 Å². The molecule has 1 aliphatic heterocycles. The molecular weight excluding hydrogens is 300 g/mol. The van der Waals surface area contributed by atoms with Gasteiger partial charge in [-0.2, -0.15) is 5.10 Å². The lowest BCUT2D eigenvalue weighted by molar-refractivity contribution is -0.384. The SMILES string of the molecule is O=C(c1ccn(-c2cccc([N+](=O)[O-])c2)n1)N1CCC(CO)C1. The fraction of sp³-hybridized carbons (Fsp3) is 0.333. The Morgan fingerprint density at radius 2 is 2.26 bits per heavy atom. The zero-order valence-electron chi connectivity index (χ0n) is 12.3. The van der Waals surface area contributed by atoms with Gasteiger partial charge in [0.15, 0.2) is 5.69 Å². The third-order valence-electron chi connectivity index (χ3n) is 3.94. The second kappa shape index (κ2) is 6.17. The highest BCUT2D eigenvalue weighted by Crippen LogP contribution is 2.19. The molecule has 1 aromatic carbocycles. The van der Waals surface area contributed by atoms with Crippen LogP contribution < -0.4 is 0 Å². The van der Waals surface area contributed by atoms with E-state index in [2.05, 4.69) is 5.10 Å². The predicted octanol–water partition coefficient (Wildman–Crippen LogP) is 1.23. The topological polar surface area (TPSA) is 102 Å². The molecule has 1 N–H and O–H groups in total. The summed E-state index contributed by atoms with van der Waals surface area (Å²) in [5.74, 6) is -0.0667. The summed E-state index contributed by atoms with van der Waals surface area (Å²) in [6.45, 7) is 1.21. The van der Waals surface area contributed by atoms with Gasteiger partial charge in [-0.3, -0.25) is 14.9 Å². The van der Waals surface area contributed by atoms with Crippen molar-refractivity contribution in [2.24, 2.45) is 5.92 Å². The largest absolute Gasteiger partial charge is 0.396 e. The van der Waals surface area contributed by atoms with Crippen LogP contribution in [0, 0.1) is 16.0 Å². The molecule has 0 bridgehead atoms. The first-order valence-electron chi connectivity index (χ1n) is 7.29. The molecule has 0 spiro atoms. The highest BCUT2D eigenvalue weighted by atomic mass is 16.6. The number of nitro benzene ring substituents is 1. The molecule has 120 valence electrons. The van der Waals surface area contributed by atoms with Gasteiger partial charge in [0.1, 0.15) is 0 Å². The minimum absolute atomic E-state index is 0.0313. The normalized spacial score (nSPS) is 17.4. The number of hydrogen-bond donors (Lipinski definition) is 1. The molecule has 1 atom stereocenters. The molecule has 2 aromatic rings. The van der Waals surface area contributed by atoms with Crippen LogP contribution in [0.1, 0.15) is 16.9 Å². The van der Waals surface area contributed by atoms with Gasteiger partial charge in [-0.25, -0.2) is 4.68 Å². The fourth-order valence-corrected chi connectivity index (χ4v) is 2.66. The lowest BCUT2D eigenvalue weighted by Gasteiger charge is -2.14. The highest BCUT2D eigenvalue weighted by Gasteiger charge is 2.27. The fourth-order valence-electron chi connectivity index (χ4n) is 2.66. The van der Waals surface area contributed by atoms with Gasteiger partial charge in [-0.05, 0) is 18.6 Å². The van der Waals surface area contributed by atoms with Gasteiger partial charge in [0.05, 0.1) is 10.6 Å². The molecule has 0 radical (unpaired) electrons. The molecule has 1 aliphatic rings. The number of aliphatic hydroxyl groups excluding tert-OH is 1. The van der Waals surface area contributed by atoms with Crippen LogP contribution in [0.4, 0.5) is 5.69 Å². The summed E-state index contributed by atoms with van der Waals surface area (Å²) in [5.41, 5.74) is 0.777. The summed E-state index contributed by atoms with van der Waals surface area (Å²) in [4.78, 5) is 24.4. The van der Waals surface area contributed by atoms with E-state index in [-0.39, 0.29) is 29.8 Å². The summed E-state index contributed by atoms with van der Waals surface area (Å²) in [6, 6.07) is 7.65. The number of amides is 1. The quantitative estimate of drug-likeness (QED) is 0.675. The van der Waals surface area contributed by atoms with Crippen LogP contribution in [-0.2, 0) is 0 Å². The van der Waals surface area contributed by atoms with Gasteiger partial charge in [-0.15, -0.1) is 0 Å². The van der Waals surface area contributed by atoms with Crippen molar-refractivity contribution in [3.05, 3.63) is 52.3 Å². The summed E-state index contributed by atoms with van der Waals surface area (Å²) in [5, 5.41) is 24.2. The van der Waals surface area contributed by atoms with Gasteiger partial charge < -0.3 is 10.0 Å². The minimum atomic E-state index is -0.474. The van der Waals surface area contributed by atoms with E-state index in [1.807, 2.05) is 0 Å². The Labute approximate surface area is 132 Å². The van der Waals surface area contributed by atoms with Crippen LogP contribution in [0.2, 0.25) is 0 Å². The van der Waals surface area contributed by atoms with Crippen LogP contribution in [-0.4, -0.2) is 50.3 Å². The maximum Gasteiger partial charge on any atom is 0.274 e. The third kappa shape index (κ3) is 3.07. The Balaban J connectivity index is 1.79. The van der Waals surface area contributed by atoms with Gasteiger partial charge >= 0.3 is 0 Å². The zero-order valence-corrected chi connectivity index (χ0v) is 12.3. The molecule has 1 aromatic heterocycles. The molecule has 3 rings (SSSR count). The van der Waals surface area contributed by atoms with Crippen LogP contribution >= 0.6 is 0 Å². The predicted molar refractivity (Wildman–Crippen MR) is 81.3 cm³/mol. The molecule has 0 saturated carbocycles. The minimum Gasteiger partial charge on any atom is -0.396 e. The smallest absolute Gasteiger partial charge is 0.274 e. The van der Waals surface area contributed by atoms with Crippen molar-refractivity contribution >= 4 is 11.6 Å². The van der Waals surface area contributed by atoms with E-state index >= 15 is 0 Å². The lowest BCUT2D eigenvalue weighted by atomic mass is 10.1. The van der Waals surface area contributed by atoms with Crippen LogP contribution in [0.25, 0.3) is 5.69 Å². The number of carbonyl (C=O) groups excluding carboxylic acids is 1. The first kappa shape index (κ1) is 15.2. The number of aromatic nitrogens is 2. The molecule has 2 heterocycles. The number of carbonyl (C=O) groups is 1. The molecule has 1 saturated heterocycles. The first-order chi connectivity index (χ1) is 11.1. The monoisotopic (exact) mass is 316 g/mol. The summed E-state index contributed by atoms with van der Waals surface area (Å²) < 4.78 is 1.44. The van der Waals surface area contributed by atoms with Gasteiger partial charge in [0.2, 0.25) is 0 Å². The number of rotatable bonds is 4. The highest BCUT2D eigenvalue weighted by molar-refractivity contribution is 5.92. The van der Waals surface area contributed by atoms with E-state index < -0.39 is 4.92 Å². The Morgan fingerprint density at radius 1 is 1.43 bits per heavy atom. The van der Waals surface area contributed by atoms with E-state index in [4.69, 9.17) is 5.11 Å².